The van der Waals surface area contributed by atoms with Crippen molar-refractivity contribution >= 4 is 0 Å². The highest BCUT2D eigenvalue weighted by Gasteiger charge is 2.21. The first-order valence-electron chi connectivity index (χ1n) is 5.79. The molecule has 2 rings (SSSR count). The SMILES string of the molecule is COCc1nc(C)c2c(n1)CCC(CN)C2. The maximum Gasteiger partial charge on any atom is 0.154 e. The Morgan fingerprint density at radius 1 is 1.44 bits per heavy atom. The summed E-state index contributed by atoms with van der Waals surface area (Å²) in [5.74, 6) is 1.40. The number of aromatic nitrogens is 2. The normalized spacial score (nSPS) is 19.6. The van der Waals surface area contributed by atoms with E-state index < -0.39 is 0 Å². The summed E-state index contributed by atoms with van der Waals surface area (Å²) in [6, 6.07) is 0. The van der Waals surface area contributed by atoms with Crippen LogP contribution in [0.5, 0.6) is 0 Å². The first-order valence-corrected chi connectivity index (χ1v) is 5.79. The molecule has 0 aromatic carbocycles. The summed E-state index contributed by atoms with van der Waals surface area (Å²) < 4.78 is 5.07. The van der Waals surface area contributed by atoms with Crippen molar-refractivity contribution in [2.75, 3.05) is 13.7 Å². The van der Waals surface area contributed by atoms with Crippen LogP contribution in [0.3, 0.4) is 0 Å². The van der Waals surface area contributed by atoms with Crippen molar-refractivity contribution in [1.82, 2.24) is 9.97 Å². The van der Waals surface area contributed by atoms with Gasteiger partial charge in [0.15, 0.2) is 5.82 Å². The van der Waals surface area contributed by atoms with E-state index in [9.17, 15) is 0 Å². The molecule has 0 aliphatic heterocycles. The Hall–Kier alpha value is -1.00. The zero-order valence-corrected chi connectivity index (χ0v) is 9.99. The fourth-order valence-corrected chi connectivity index (χ4v) is 2.32. The van der Waals surface area contributed by atoms with Crippen molar-refractivity contribution < 1.29 is 4.74 Å². The van der Waals surface area contributed by atoms with Crippen LogP contribution in [0.15, 0.2) is 0 Å². The second-order valence-electron chi connectivity index (χ2n) is 4.43. The smallest absolute Gasteiger partial charge is 0.154 e. The van der Waals surface area contributed by atoms with E-state index in [1.807, 2.05) is 0 Å². The molecule has 88 valence electrons. The van der Waals surface area contributed by atoms with Gasteiger partial charge in [0.25, 0.3) is 0 Å². The van der Waals surface area contributed by atoms with Crippen LogP contribution in [0.4, 0.5) is 0 Å². The molecule has 16 heavy (non-hydrogen) atoms. The van der Waals surface area contributed by atoms with Gasteiger partial charge < -0.3 is 10.5 Å². The summed E-state index contributed by atoms with van der Waals surface area (Å²) in [5, 5.41) is 0. The lowest BCUT2D eigenvalue weighted by Crippen LogP contribution is -2.24. The van der Waals surface area contributed by atoms with Crippen molar-refractivity contribution in [2.45, 2.75) is 32.8 Å². The molecule has 4 heteroatoms. The van der Waals surface area contributed by atoms with Gasteiger partial charge in [0.05, 0.1) is 0 Å². The Morgan fingerprint density at radius 2 is 2.25 bits per heavy atom. The first-order chi connectivity index (χ1) is 7.74. The average Bonchev–Trinajstić information content (AvgIpc) is 2.29. The summed E-state index contributed by atoms with van der Waals surface area (Å²) in [4.78, 5) is 9.02. The van der Waals surface area contributed by atoms with E-state index in [4.69, 9.17) is 10.5 Å². The van der Waals surface area contributed by atoms with Crippen molar-refractivity contribution in [2.24, 2.45) is 11.7 Å². The van der Waals surface area contributed by atoms with Gasteiger partial charge in [-0.2, -0.15) is 0 Å². The molecule has 1 aromatic heterocycles. The van der Waals surface area contributed by atoms with Gasteiger partial charge in [-0.15, -0.1) is 0 Å². The second kappa shape index (κ2) is 4.89. The maximum atomic E-state index is 5.73. The molecule has 1 atom stereocenters. The van der Waals surface area contributed by atoms with E-state index in [-0.39, 0.29) is 0 Å². The topological polar surface area (TPSA) is 61.0 Å². The molecule has 1 aliphatic carbocycles. The van der Waals surface area contributed by atoms with E-state index in [2.05, 4.69) is 16.9 Å². The molecule has 0 spiro atoms. The highest BCUT2D eigenvalue weighted by Crippen LogP contribution is 2.25. The zero-order valence-electron chi connectivity index (χ0n) is 9.99. The molecule has 0 radical (unpaired) electrons. The number of hydrogen-bond donors (Lipinski definition) is 1. The molecular weight excluding hydrogens is 202 g/mol. The summed E-state index contributed by atoms with van der Waals surface area (Å²) in [7, 11) is 1.67. The number of aryl methyl sites for hydroxylation is 2. The maximum absolute atomic E-state index is 5.73. The third kappa shape index (κ3) is 2.23. The molecule has 1 unspecified atom stereocenters. The van der Waals surface area contributed by atoms with Crippen molar-refractivity contribution in [3.63, 3.8) is 0 Å². The van der Waals surface area contributed by atoms with Gasteiger partial charge >= 0.3 is 0 Å². The molecule has 1 heterocycles. The summed E-state index contributed by atoms with van der Waals surface area (Å²) in [6.07, 6.45) is 3.20. The van der Waals surface area contributed by atoms with Crippen molar-refractivity contribution in [3.8, 4) is 0 Å². The lowest BCUT2D eigenvalue weighted by molar-refractivity contribution is 0.177. The second-order valence-corrected chi connectivity index (χ2v) is 4.43. The summed E-state index contributed by atoms with van der Waals surface area (Å²) in [5.41, 5.74) is 9.33. The number of rotatable bonds is 3. The Kier molecular flexibility index (Phi) is 3.51. The van der Waals surface area contributed by atoms with Gasteiger partial charge in [-0.1, -0.05) is 0 Å². The minimum atomic E-state index is 0.494. The highest BCUT2D eigenvalue weighted by atomic mass is 16.5. The van der Waals surface area contributed by atoms with Gasteiger partial charge in [0, 0.05) is 18.5 Å². The molecule has 1 aliphatic rings. The lowest BCUT2D eigenvalue weighted by Gasteiger charge is -2.24. The third-order valence-electron chi connectivity index (χ3n) is 3.23. The number of nitrogens with two attached hydrogens (primary N) is 1. The standard InChI is InChI=1S/C12H19N3O/c1-8-10-5-9(6-13)3-4-11(10)15-12(14-8)7-16-2/h9H,3-7,13H2,1-2H3. The number of ether oxygens (including phenoxy) is 1. The van der Waals surface area contributed by atoms with Crippen LogP contribution >= 0.6 is 0 Å². The molecule has 2 N–H and O–H groups in total. The Balaban J connectivity index is 2.28. The van der Waals surface area contributed by atoms with Gasteiger partial charge in [0.1, 0.15) is 6.61 Å². The largest absolute Gasteiger partial charge is 0.377 e. The molecule has 0 fully saturated rings. The van der Waals surface area contributed by atoms with Crippen molar-refractivity contribution in [1.29, 1.82) is 0 Å². The number of hydrogen-bond acceptors (Lipinski definition) is 4. The highest BCUT2D eigenvalue weighted by molar-refractivity contribution is 5.28. The Bertz CT molecular complexity index is 379. The predicted octanol–water partition coefficient (Wildman–Crippen LogP) is 0.995. The molecule has 0 bridgehead atoms. The third-order valence-corrected chi connectivity index (χ3v) is 3.23. The summed E-state index contributed by atoms with van der Waals surface area (Å²) >= 11 is 0. The number of fused-ring (bicyclic) bond motifs is 1. The zero-order chi connectivity index (χ0) is 11.5. The van der Waals surface area contributed by atoms with Gasteiger partial charge in [-0.05, 0) is 44.2 Å². The number of nitrogens with zero attached hydrogens (tertiary/aromatic N) is 2. The van der Waals surface area contributed by atoms with Crippen LogP contribution in [0.2, 0.25) is 0 Å². The van der Waals surface area contributed by atoms with Crippen LogP contribution in [0, 0.1) is 12.8 Å². The fourth-order valence-electron chi connectivity index (χ4n) is 2.32. The van der Waals surface area contributed by atoms with Gasteiger partial charge in [-0.25, -0.2) is 9.97 Å². The van der Waals surface area contributed by atoms with Gasteiger partial charge in [-0.3, -0.25) is 0 Å². The lowest BCUT2D eigenvalue weighted by atomic mass is 9.86. The molecule has 0 amide bonds. The Morgan fingerprint density at radius 3 is 2.94 bits per heavy atom. The van der Waals surface area contributed by atoms with Crippen LogP contribution in [-0.2, 0) is 24.2 Å². The van der Waals surface area contributed by atoms with E-state index in [0.29, 0.717) is 12.5 Å². The minimum Gasteiger partial charge on any atom is -0.377 e. The van der Waals surface area contributed by atoms with Crippen LogP contribution < -0.4 is 5.73 Å². The van der Waals surface area contributed by atoms with E-state index >= 15 is 0 Å². The summed E-state index contributed by atoms with van der Waals surface area (Å²) in [6.45, 7) is 3.31. The average molecular weight is 221 g/mol. The van der Waals surface area contributed by atoms with E-state index in [1.54, 1.807) is 7.11 Å². The molecule has 0 saturated heterocycles. The van der Waals surface area contributed by atoms with Gasteiger partial charge in [0.2, 0.25) is 0 Å². The molecular formula is C12H19N3O. The quantitative estimate of drug-likeness (QED) is 0.827. The van der Waals surface area contributed by atoms with Crippen LogP contribution in [0.25, 0.3) is 0 Å². The number of methoxy groups -OCH3 is 1. The molecule has 0 saturated carbocycles. The predicted molar refractivity (Wildman–Crippen MR) is 62.1 cm³/mol. The molecule has 4 nitrogen and oxygen atoms in total. The van der Waals surface area contributed by atoms with Crippen LogP contribution in [0.1, 0.15) is 29.2 Å². The Labute approximate surface area is 96.2 Å². The first kappa shape index (κ1) is 11.5. The van der Waals surface area contributed by atoms with E-state index in [1.165, 1.54) is 11.3 Å². The monoisotopic (exact) mass is 221 g/mol. The fraction of sp³-hybridized carbons (Fsp3) is 0.667. The van der Waals surface area contributed by atoms with Crippen LogP contribution in [-0.4, -0.2) is 23.6 Å². The molecule has 1 aromatic rings. The van der Waals surface area contributed by atoms with Crippen molar-refractivity contribution in [3.05, 3.63) is 22.8 Å². The minimum absolute atomic E-state index is 0.494. The van der Waals surface area contributed by atoms with E-state index in [0.717, 1.165) is 37.3 Å².